The molecule has 2 aliphatic rings. The fourth-order valence-electron chi connectivity index (χ4n) is 2.40. The van der Waals surface area contributed by atoms with E-state index in [-0.39, 0.29) is 0 Å². The maximum Gasteiger partial charge on any atom is 0.107 e. The topological polar surface area (TPSA) is 19.4 Å². The van der Waals surface area contributed by atoms with Crippen LogP contribution in [0.25, 0.3) is 0 Å². The third-order valence-corrected chi connectivity index (χ3v) is 4.72. The van der Waals surface area contributed by atoms with Gasteiger partial charge in [0.25, 0.3) is 0 Å². The summed E-state index contributed by atoms with van der Waals surface area (Å²) in [7, 11) is 0. The highest BCUT2D eigenvalue weighted by atomic mass is 35.5. The summed E-state index contributed by atoms with van der Waals surface area (Å²) in [5.74, 6) is 0.534. The summed E-state index contributed by atoms with van der Waals surface area (Å²) in [5.41, 5.74) is 1.02. The number of thiazole rings is 1. The maximum absolute atomic E-state index is 5.77. The zero-order valence-electron chi connectivity index (χ0n) is 9.94. The molecular weight excluding hydrogens is 254 g/mol. The Balaban J connectivity index is 1.49. The van der Waals surface area contributed by atoms with Gasteiger partial charge in [-0.1, -0.05) is 0 Å². The van der Waals surface area contributed by atoms with Crippen molar-refractivity contribution in [1.29, 1.82) is 0 Å². The van der Waals surface area contributed by atoms with E-state index in [1.165, 1.54) is 44.0 Å². The molecular formula is C12H18ClN3S. The molecule has 1 saturated heterocycles. The molecule has 94 valence electrons. The van der Waals surface area contributed by atoms with Gasteiger partial charge in [-0.2, -0.15) is 0 Å². The second kappa shape index (κ2) is 5.22. The third-order valence-electron chi connectivity index (χ3n) is 3.57. The van der Waals surface area contributed by atoms with Gasteiger partial charge in [0.1, 0.15) is 5.01 Å². The molecule has 0 amide bonds. The first-order valence-electron chi connectivity index (χ1n) is 6.31. The monoisotopic (exact) mass is 271 g/mol. The predicted molar refractivity (Wildman–Crippen MR) is 71.5 cm³/mol. The fourth-order valence-corrected chi connectivity index (χ4v) is 3.46. The Bertz CT molecular complexity index is 370. The predicted octanol–water partition coefficient (Wildman–Crippen LogP) is 2.16. The van der Waals surface area contributed by atoms with E-state index in [2.05, 4.69) is 20.2 Å². The molecule has 0 spiro atoms. The number of nitrogens with zero attached hydrogens (tertiary/aromatic N) is 3. The van der Waals surface area contributed by atoms with Gasteiger partial charge in [-0.3, -0.25) is 9.80 Å². The fraction of sp³-hybridized carbons (Fsp3) is 0.750. The summed E-state index contributed by atoms with van der Waals surface area (Å²) in [6, 6.07) is 0.917. The van der Waals surface area contributed by atoms with Gasteiger partial charge in [0.15, 0.2) is 0 Å². The lowest BCUT2D eigenvalue weighted by Gasteiger charge is -2.34. The summed E-state index contributed by atoms with van der Waals surface area (Å²) in [6.07, 6.45) is 2.84. The molecule has 1 aliphatic heterocycles. The Morgan fingerprint density at radius 2 is 2.06 bits per heavy atom. The Morgan fingerprint density at radius 1 is 1.29 bits per heavy atom. The lowest BCUT2D eigenvalue weighted by molar-refractivity contribution is 0.121. The molecule has 1 aliphatic carbocycles. The van der Waals surface area contributed by atoms with Crippen LogP contribution in [0.3, 0.4) is 0 Å². The minimum Gasteiger partial charge on any atom is -0.298 e. The maximum atomic E-state index is 5.77. The lowest BCUT2D eigenvalue weighted by atomic mass is 10.3. The van der Waals surface area contributed by atoms with Crippen LogP contribution in [0.4, 0.5) is 0 Å². The van der Waals surface area contributed by atoms with Gasteiger partial charge in [0.2, 0.25) is 0 Å². The molecule has 0 atom stereocenters. The van der Waals surface area contributed by atoms with E-state index in [0.29, 0.717) is 5.88 Å². The highest BCUT2D eigenvalue weighted by Gasteiger charge is 2.31. The SMILES string of the molecule is ClCc1csc(CN2CCN(C3CC3)CC2)n1. The van der Waals surface area contributed by atoms with E-state index in [4.69, 9.17) is 11.6 Å². The van der Waals surface area contributed by atoms with E-state index in [9.17, 15) is 0 Å². The number of rotatable bonds is 4. The number of hydrogen-bond acceptors (Lipinski definition) is 4. The van der Waals surface area contributed by atoms with Crippen molar-refractivity contribution in [1.82, 2.24) is 14.8 Å². The van der Waals surface area contributed by atoms with Crippen LogP contribution in [0, 0.1) is 0 Å². The number of hydrogen-bond donors (Lipinski definition) is 0. The van der Waals surface area contributed by atoms with Gasteiger partial charge in [-0.15, -0.1) is 22.9 Å². The molecule has 0 bridgehead atoms. The second-order valence-electron chi connectivity index (χ2n) is 4.91. The number of aromatic nitrogens is 1. The molecule has 2 fully saturated rings. The largest absolute Gasteiger partial charge is 0.298 e. The quantitative estimate of drug-likeness (QED) is 0.783. The molecule has 3 nitrogen and oxygen atoms in total. The summed E-state index contributed by atoms with van der Waals surface area (Å²) >= 11 is 7.50. The molecule has 2 heterocycles. The first-order valence-corrected chi connectivity index (χ1v) is 7.72. The molecule has 1 aromatic heterocycles. The van der Waals surface area contributed by atoms with Crippen LogP contribution in [0.5, 0.6) is 0 Å². The van der Waals surface area contributed by atoms with Gasteiger partial charge in [0.05, 0.1) is 18.1 Å². The average Bonchev–Trinajstić information content (AvgIpc) is 3.11. The van der Waals surface area contributed by atoms with Crippen LogP contribution < -0.4 is 0 Å². The van der Waals surface area contributed by atoms with Crippen LogP contribution in [-0.4, -0.2) is 47.0 Å². The van der Waals surface area contributed by atoms with Crippen LogP contribution in [0.15, 0.2) is 5.38 Å². The molecule has 3 rings (SSSR count). The van der Waals surface area contributed by atoms with Gasteiger partial charge in [-0.25, -0.2) is 4.98 Å². The minimum absolute atomic E-state index is 0.534. The lowest BCUT2D eigenvalue weighted by Crippen LogP contribution is -2.46. The van der Waals surface area contributed by atoms with E-state index in [0.717, 1.165) is 18.3 Å². The second-order valence-corrected chi connectivity index (χ2v) is 6.12. The Hall–Kier alpha value is -0.160. The van der Waals surface area contributed by atoms with E-state index >= 15 is 0 Å². The normalized spacial score (nSPS) is 23.1. The molecule has 1 saturated carbocycles. The van der Waals surface area contributed by atoms with Crippen LogP contribution >= 0.6 is 22.9 Å². The van der Waals surface area contributed by atoms with E-state index in [1.54, 1.807) is 11.3 Å². The molecule has 0 N–H and O–H groups in total. The van der Waals surface area contributed by atoms with E-state index in [1.807, 2.05) is 0 Å². The van der Waals surface area contributed by atoms with Crippen LogP contribution in [-0.2, 0) is 12.4 Å². The summed E-state index contributed by atoms with van der Waals surface area (Å²) in [4.78, 5) is 9.67. The first kappa shape index (κ1) is 11.9. The van der Waals surface area contributed by atoms with Crippen molar-refractivity contribution >= 4 is 22.9 Å². The van der Waals surface area contributed by atoms with Crippen LogP contribution in [0.2, 0.25) is 0 Å². The first-order chi connectivity index (χ1) is 8.35. The van der Waals surface area contributed by atoms with Crippen molar-refractivity contribution in [3.8, 4) is 0 Å². The summed E-state index contributed by atoms with van der Waals surface area (Å²) in [6.45, 7) is 5.84. The number of alkyl halides is 1. The van der Waals surface area contributed by atoms with Crippen molar-refractivity contribution < 1.29 is 0 Å². The highest BCUT2D eigenvalue weighted by Crippen LogP contribution is 2.27. The van der Waals surface area contributed by atoms with Crippen molar-refractivity contribution in [2.24, 2.45) is 0 Å². The number of halogens is 1. The van der Waals surface area contributed by atoms with Crippen molar-refractivity contribution in [3.63, 3.8) is 0 Å². The Morgan fingerprint density at radius 3 is 2.65 bits per heavy atom. The van der Waals surface area contributed by atoms with E-state index < -0.39 is 0 Å². The van der Waals surface area contributed by atoms with Crippen LogP contribution in [0.1, 0.15) is 23.5 Å². The minimum atomic E-state index is 0.534. The van der Waals surface area contributed by atoms with Gasteiger partial charge >= 0.3 is 0 Å². The molecule has 5 heteroatoms. The zero-order valence-corrected chi connectivity index (χ0v) is 11.5. The average molecular weight is 272 g/mol. The summed E-state index contributed by atoms with van der Waals surface area (Å²) in [5, 5.41) is 3.28. The smallest absolute Gasteiger partial charge is 0.107 e. The summed E-state index contributed by atoms with van der Waals surface area (Å²) < 4.78 is 0. The zero-order chi connectivity index (χ0) is 11.7. The van der Waals surface area contributed by atoms with Gasteiger partial charge < -0.3 is 0 Å². The van der Waals surface area contributed by atoms with Gasteiger partial charge in [-0.05, 0) is 12.8 Å². The highest BCUT2D eigenvalue weighted by molar-refractivity contribution is 7.09. The Kier molecular flexibility index (Phi) is 3.66. The standard InChI is InChI=1S/C12H18ClN3S/c13-7-10-9-17-12(14-10)8-15-3-5-16(6-4-15)11-1-2-11/h9,11H,1-8H2. The third kappa shape index (κ3) is 2.99. The molecule has 17 heavy (non-hydrogen) atoms. The molecule has 0 unspecified atom stereocenters. The Labute approximate surface area is 111 Å². The molecule has 0 aromatic carbocycles. The molecule has 0 radical (unpaired) electrons. The van der Waals surface area contributed by atoms with Crippen molar-refractivity contribution in [2.75, 3.05) is 26.2 Å². The van der Waals surface area contributed by atoms with Crippen molar-refractivity contribution in [2.45, 2.75) is 31.3 Å². The molecule has 1 aromatic rings. The van der Waals surface area contributed by atoms with Crippen molar-refractivity contribution in [3.05, 3.63) is 16.1 Å². The van der Waals surface area contributed by atoms with Gasteiger partial charge in [0, 0.05) is 37.6 Å². The number of piperazine rings is 1.